The van der Waals surface area contributed by atoms with Gasteiger partial charge in [0.1, 0.15) is 12.1 Å². The number of anilines is 2. The molecule has 6 heteroatoms. The van der Waals surface area contributed by atoms with Gasteiger partial charge in [-0.05, 0) is 44.0 Å². The number of carbonyl (C=O) groups is 1. The number of benzene rings is 2. The number of urea groups is 1. The van der Waals surface area contributed by atoms with Crippen molar-refractivity contribution < 1.29 is 4.79 Å². The number of aromatic nitrogens is 2. The van der Waals surface area contributed by atoms with Crippen LogP contribution in [0.3, 0.4) is 0 Å². The Bertz CT molecular complexity index is 1060. The van der Waals surface area contributed by atoms with Crippen LogP contribution in [0, 0.1) is 20.8 Å². The number of nitrogens with one attached hydrogen (secondary N) is 1. The first-order valence-electron chi connectivity index (χ1n) is 10.3. The van der Waals surface area contributed by atoms with Crippen LogP contribution in [0.4, 0.5) is 16.3 Å². The van der Waals surface area contributed by atoms with Crippen LogP contribution in [0.2, 0.25) is 0 Å². The van der Waals surface area contributed by atoms with Gasteiger partial charge in [-0.15, -0.1) is 0 Å². The molecule has 154 valence electrons. The summed E-state index contributed by atoms with van der Waals surface area (Å²) in [7, 11) is 0. The average Bonchev–Trinajstić information content (AvgIpc) is 2.77. The largest absolute Gasteiger partial charge is 0.353 e. The van der Waals surface area contributed by atoms with E-state index < -0.39 is 0 Å². The van der Waals surface area contributed by atoms with Gasteiger partial charge in [-0.2, -0.15) is 0 Å². The molecule has 1 fully saturated rings. The molecule has 1 aliphatic rings. The number of aryl methyl sites for hydroxylation is 2. The van der Waals surface area contributed by atoms with Crippen LogP contribution in [0.1, 0.15) is 16.7 Å². The molecular weight excluding hydrogens is 374 g/mol. The highest BCUT2D eigenvalue weighted by atomic mass is 16.2. The van der Waals surface area contributed by atoms with E-state index in [4.69, 9.17) is 0 Å². The third-order valence-corrected chi connectivity index (χ3v) is 5.70. The molecule has 1 N–H and O–H groups in total. The second-order valence-electron chi connectivity index (χ2n) is 7.78. The first-order valence-corrected chi connectivity index (χ1v) is 10.3. The lowest BCUT2D eigenvalue weighted by Gasteiger charge is -2.35. The molecule has 3 aromatic rings. The van der Waals surface area contributed by atoms with Crippen molar-refractivity contribution in [1.82, 2.24) is 14.9 Å². The van der Waals surface area contributed by atoms with Gasteiger partial charge in [0.15, 0.2) is 0 Å². The van der Waals surface area contributed by atoms with Crippen molar-refractivity contribution in [3.05, 3.63) is 71.5 Å². The molecule has 1 aromatic heterocycles. The van der Waals surface area contributed by atoms with Crippen molar-refractivity contribution in [1.29, 1.82) is 0 Å². The highest BCUT2D eigenvalue weighted by molar-refractivity contribution is 5.90. The Balaban J connectivity index is 1.40. The van der Waals surface area contributed by atoms with Crippen LogP contribution in [-0.4, -0.2) is 47.1 Å². The second-order valence-corrected chi connectivity index (χ2v) is 7.78. The van der Waals surface area contributed by atoms with Gasteiger partial charge in [0, 0.05) is 43.5 Å². The van der Waals surface area contributed by atoms with E-state index in [0.29, 0.717) is 13.1 Å². The van der Waals surface area contributed by atoms with E-state index in [1.54, 1.807) is 6.33 Å². The minimum absolute atomic E-state index is 0.0495. The van der Waals surface area contributed by atoms with E-state index in [0.717, 1.165) is 41.4 Å². The monoisotopic (exact) mass is 401 g/mol. The zero-order valence-corrected chi connectivity index (χ0v) is 17.7. The Kier molecular flexibility index (Phi) is 5.65. The number of amides is 2. The maximum Gasteiger partial charge on any atom is 0.321 e. The van der Waals surface area contributed by atoms with E-state index in [1.807, 2.05) is 36.1 Å². The van der Waals surface area contributed by atoms with Crippen molar-refractivity contribution in [2.24, 2.45) is 0 Å². The predicted octanol–water partition coefficient (Wildman–Crippen LogP) is 4.42. The smallest absolute Gasteiger partial charge is 0.321 e. The first-order chi connectivity index (χ1) is 14.5. The number of piperazine rings is 1. The summed E-state index contributed by atoms with van der Waals surface area (Å²) >= 11 is 0. The number of hydrogen-bond donors (Lipinski definition) is 1. The summed E-state index contributed by atoms with van der Waals surface area (Å²) in [6.07, 6.45) is 1.62. The number of hydrogen-bond acceptors (Lipinski definition) is 4. The number of rotatable bonds is 3. The van der Waals surface area contributed by atoms with E-state index in [9.17, 15) is 4.79 Å². The highest BCUT2D eigenvalue weighted by Gasteiger charge is 2.22. The standard InChI is InChI=1S/C24H27N5O/c1-17-6-4-8-20(14-17)22-15-23(26-16-25-22)28-10-12-29(13-11-28)24(30)27-21-9-5-7-18(2)19(21)3/h4-9,14-16H,10-13H2,1-3H3,(H,27,30). The molecule has 0 radical (unpaired) electrons. The molecule has 2 heterocycles. The summed E-state index contributed by atoms with van der Waals surface area (Å²) in [4.78, 5) is 25.7. The van der Waals surface area contributed by atoms with Gasteiger partial charge in [-0.25, -0.2) is 14.8 Å². The van der Waals surface area contributed by atoms with Gasteiger partial charge in [0.25, 0.3) is 0 Å². The topological polar surface area (TPSA) is 61.4 Å². The first kappa shape index (κ1) is 19.9. The number of nitrogens with zero attached hydrogens (tertiary/aromatic N) is 4. The van der Waals surface area contributed by atoms with E-state index in [1.165, 1.54) is 11.1 Å². The summed E-state index contributed by atoms with van der Waals surface area (Å²) in [5, 5.41) is 3.05. The Hall–Kier alpha value is -3.41. The molecule has 1 saturated heterocycles. The lowest BCUT2D eigenvalue weighted by atomic mass is 10.1. The molecule has 2 amide bonds. The maximum absolute atomic E-state index is 12.7. The van der Waals surface area contributed by atoms with Crippen molar-refractivity contribution in [2.45, 2.75) is 20.8 Å². The summed E-state index contributed by atoms with van der Waals surface area (Å²) in [6, 6.07) is 16.3. The Morgan fingerprint density at radius 3 is 2.47 bits per heavy atom. The van der Waals surface area contributed by atoms with E-state index >= 15 is 0 Å². The molecular formula is C24H27N5O. The van der Waals surface area contributed by atoms with Crippen LogP contribution in [0.25, 0.3) is 11.3 Å². The van der Waals surface area contributed by atoms with Gasteiger partial charge < -0.3 is 15.1 Å². The number of carbonyl (C=O) groups excluding carboxylic acids is 1. The summed E-state index contributed by atoms with van der Waals surface area (Å²) in [5.74, 6) is 0.899. The van der Waals surface area contributed by atoms with Crippen molar-refractivity contribution in [3.8, 4) is 11.3 Å². The normalized spacial score (nSPS) is 14.0. The molecule has 2 aromatic carbocycles. The molecule has 0 spiro atoms. The summed E-state index contributed by atoms with van der Waals surface area (Å²) in [6.45, 7) is 8.95. The molecule has 6 nitrogen and oxygen atoms in total. The molecule has 0 bridgehead atoms. The van der Waals surface area contributed by atoms with Crippen LogP contribution >= 0.6 is 0 Å². The second kappa shape index (κ2) is 8.53. The molecule has 0 aliphatic carbocycles. The van der Waals surface area contributed by atoms with Crippen LogP contribution in [0.5, 0.6) is 0 Å². The van der Waals surface area contributed by atoms with Gasteiger partial charge in [0.2, 0.25) is 0 Å². The SMILES string of the molecule is Cc1cccc(-c2cc(N3CCN(C(=O)Nc4cccc(C)c4C)CC3)ncn2)c1. The Labute approximate surface area is 177 Å². The lowest BCUT2D eigenvalue weighted by molar-refractivity contribution is 0.208. The average molecular weight is 402 g/mol. The lowest BCUT2D eigenvalue weighted by Crippen LogP contribution is -2.50. The quantitative estimate of drug-likeness (QED) is 0.706. The Morgan fingerprint density at radius 1 is 0.933 bits per heavy atom. The molecule has 0 saturated carbocycles. The minimum atomic E-state index is -0.0495. The zero-order chi connectivity index (χ0) is 21.1. The molecule has 30 heavy (non-hydrogen) atoms. The molecule has 0 atom stereocenters. The van der Waals surface area contributed by atoms with Crippen molar-refractivity contribution in [2.75, 3.05) is 36.4 Å². The van der Waals surface area contributed by atoms with Gasteiger partial charge >= 0.3 is 6.03 Å². The molecule has 0 unspecified atom stereocenters. The third kappa shape index (κ3) is 4.27. The Morgan fingerprint density at radius 2 is 1.70 bits per heavy atom. The van der Waals surface area contributed by atoms with E-state index in [-0.39, 0.29) is 6.03 Å². The third-order valence-electron chi connectivity index (χ3n) is 5.70. The van der Waals surface area contributed by atoms with Crippen molar-refractivity contribution in [3.63, 3.8) is 0 Å². The fraction of sp³-hybridized carbons (Fsp3) is 0.292. The van der Waals surface area contributed by atoms with Crippen LogP contribution in [-0.2, 0) is 0 Å². The maximum atomic E-state index is 12.7. The van der Waals surface area contributed by atoms with Gasteiger partial charge in [-0.1, -0.05) is 35.9 Å². The van der Waals surface area contributed by atoms with E-state index in [2.05, 4.69) is 58.3 Å². The summed E-state index contributed by atoms with van der Waals surface area (Å²) in [5.41, 5.74) is 6.36. The van der Waals surface area contributed by atoms with Gasteiger partial charge in [0.05, 0.1) is 5.69 Å². The fourth-order valence-corrected chi connectivity index (χ4v) is 3.70. The van der Waals surface area contributed by atoms with Gasteiger partial charge in [-0.3, -0.25) is 0 Å². The predicted molar refractivity (Wildman–Crippen MR) is 121 cm³/mol. The molecule has 4 rings (SSSR count). The summed E-state index contributed by atoms with van der Waals surface area (Å²) < 4.78 is 0. The zero-order valence-electron chi connectivity index (χ0n) is 17.7. The van der Waals surface area contributed by atoms with Crippen LogP contribution in [0.15, 0.2) is 54.9 Å². The van der Waals surface area contributed by atoms with Crippen molar-refractivity contribution >= 4 is 17.5 Å². The minimum Gasteiger partial charge on any atom is -0.353 e. The molecule has 1 aliphatic heterocycles. The van der Waals surface area contributed by atoms with Crippen LogP contribution < -0.4 is 10.2 Å². The highest BCUT2D eigenvalue weighted by Crippen LogP contribution is 2.23. The fourth-order valence-electron chi connectivity index (χ4n) is 3.70.